The number of nitrogens with zero attached hydrogens (tertiary/aromatic N) is 1. The predicted molar refractivity (Wildman–Crippen MR) is 92.2 cm³/mol. The average molecular weight is 340 g/mol. The summed E-state index contributed by atoms with van der Waals surface area (Å²) in [5.74, 6) is 1.76. The molecule has 1 saturated heterocycles. The normalized spacial score (nSPS) is 17.6. The first kappa shape index (κ1) is 18.2. The summed E-state index contributed by atoms with van der Waals surface area (Å²) in [5.41, 5.74) is 0. The van der Waals surface area contributed by atoms with Gasteiger partial charge in [-0.2, -0.15) is 0 Å². The van der Waals surface area contributed by atoms with Crippen molar-refractivity contribution in [2.45, 2.75) is 31.6 Å². The van der Waals surface area contributed by atoms with E-state index >= 15 is 0 Å². The van der Waals surface area contributed by atoms with Crippen molar-refractivity contribution in [2.75, 3.05) is 33.3 Å². The van der Waals surface area contributed by atoms with Gasteiger partial charge in [-0.05, 0) is 62.0 Å². The van der Waals surface area contributed by atoms with E-state index in [0.29, 0.717) is 24.1 Å². The number of sulfonamides is 1. The third-order valence-corrected chi connectivity index (χ3v) is 5.70. The highest BCUT2D eigenvalue weighted by Gasteiger charge is 2.22. The number of nitrogens with one attached hydrogen (secondary N) is 1. The lowest BCUT2D eigenvalue weighted by molar-refractivity contribution is 0.169. The zero-order chi connectivity index (χ0) is 16.9. The lowest BCUT2D eigenvalue weighted by atomic mass is 9.96. The Balaban J connectivity index is 1.83. The number of likely N-dealkylation sites (tertiary alicyclic amines) is 1. The van der Waals surface area contributed by atoms with Crippen molar-refractivity contribution < 1.29 is 13.2 Å². The van der Waals surface area contributed by atoms with Crippen LogP contribution in [0, 0.1) is 11.8 Å². The summed E-state index contributed by atoms with van der Waals surface area (Å²) in [6.07, 6.45) is 2.11. The number of hydrogen-bond acceptors (Lipinski definition) is 4. The highest BCUT2D eigenvalue weighted by atomic mass is 32.2. The molecule has 0 atom stereocenters. The maximum atomic E-state index is 12.3. The largest absolute Gasteiger partial charge is 0.497 e. The van der Waals surface area contributed by atoms with E-state index in [0.717, 1.165) is 32.5 Å². The Bertz CT molecular complexity index is 576. The predicted octanol–water partition coefficient (Wildman–Crippen LogP) is 2.34. The molecule has 0 unspecified atom stereocenters. The van der Waals surface area contributed by atoms with Gasteiger partial charge in [-0.1, -0.05) is 13.8 Å². The van der Waals surface area contributed by atoms with Crippen molar-refractivity contribution in [2.24, 2.45) is 11.8 Å². The fourth-order valence-electron chi connectivity index (χ4n) is 2.96. The van der Waals surface area contributed by atoms with Crippen LogP contribution in [0.25, 0.3) is 0 Å². The molecule has 0 aromatic heterocycles. The summed E-state index contributed by atoms with van der Waals surface area (Å²) >= 11 is 0. The first-order valence-corrected chi connectivity index (χ1v) is 9.75. The first-order chi connectivity index (χ1) is 10.9. The minimum Gasteiger partial charge on any atom is -0.497 e. The monoisotopic (exact) mass is 340 g/mol. The van der Waals surface area contributed by atoms with E-state index in [4.69, 9.17) is 4.74 Å². The Morgan fingerprint density at radius 3 is 2.35 bits per heavy atom. The van der Waals surface area contributed by atoms with Gasteiger partial charge in [0.2, 0.25) is 10.0 Å². The molecule has 1 aliphatic heterocycles. The Kier molecular flexibility index (Phi) is 6.44. The SMILES string of the molecule is COc1ccc(S(=O)(=O)NCC2CCN(CC(C)C)CC2)cc1. The number of ether oxygens (including phenoxy) is 1. The standard InChI is InChI=1S/C17H28N2O3S/c1-14(2)13-19-10-8-15(9-11-19)12-18-23(20,21)17-6-4-16(22-3)5-7-17/h4-7,14-15,18H,8-13H2,1-3H3. The zero-order valence-corrected chi connectivity index (χ0v) is 15.1. The van der Waals surface area contributed by atoms with Crippen LogP contribution in [0.3, 0.4) is 0 Å². The van der Waals surface area contributed by atoms with Crippen LogP contribution in [-0.4, -0.2) is 46.6 Å². The fourth-order valence-corrected chi connectivity index (χ4v) is 4.07. The van der Waals surface area contributed by atoms with Crippen LogP contribution in [-0.2, 0) is 10.0 Å². The van der Waals surface area contributed by atoms with E-state index < -0.39 is 10.0 Å². The average Bonchev–Trinajstić information content (AvgIpc) is 2.54. The van der Waals surface area contributed by atoms with Gasteiger partial charge in [-0.15, -0.1) is 0 Å². The van der Waals surface area contributed by atoms with Gasteiger partial charge in [0, 0.05) is 13.1 Å². The molecule has 0 aliphatic carbocycles. The highest BCUT2D eigenvalue weighted by molar-refractivity contribution is 7.89. The van der Waals surface area contributed by atoms with Gasteiger partial charge < -0.3 is 9.64 Å². The van der Waals surface area contributed by atoms with Crippen LogP contribution in [0.15, 0.2) is 29.2 Å². The van der Waals surface area contributed by atoms with E-state index in [1.165, 1.54) is 0 Å². The van der Waals surface area contributed by atoms with Crippen molar-refractivity contribution in [1.29, 1.82) is 0 Å². The van der Waals surface area contributed by atoms with Gasteiger partial charge in [0.15, 0.2) is 0 Å². The molecule has 0 spiro atoms. The quantitative estimate of drug-likeness (QED) is 0.828. The van der Waals surface area contributed by atoms with E-state index in [2.05, 4.69) is 23.5 Å². The molecule has 1 aromatic rings. The summed E-state index contributed by atoms with van der Waals surface area (Å²) in [4.78, 5) is 2.76. The molecule has 0 radical (unpaired) electrons. The van der Waals surface area contributed by atoms with E-state index in [9.17, 15) is 8.42 Å². The third-order valence-electron chi connectivity index (χ3n) is 4.26. The molecule has 0 amide bonds. The van der Waals surface area contributed by atoms with E-state index in [-0.39, 0.29) is 4.90 Å². The maximum Gasteiger partial charge on any atom is 0.240 e. The fraction of sp³-hybridized carbons (Fsp3) is 0.647. The van der Waals surface area contributed by atoms with E-state index in [1.807, 2.05) is 0 Å². The van der Waals surface area contributed by atoms with Gasteiger partial charge in [-0.25, -0.2) is 13.1 Å². The smallest absolute Gasteiger partial charge is 0.240 e. The van der Waals surface area contributed by atoms with Gasteiger partial charge in [0.1, 0.15) is 5.75 Å². The van der Waals surface area contributed by atoms with Gasteiger partial charge >= 0.3 is 0 Å². The molecule has 1 heterocycles. The third kappa shape index (κ3) is 5.48. The Hall–Kier alpha value is -1.11. The van der Waals surface area contributed by atoms with Crippen molar-refractivity contribution in [3.63, 3.8) is 0 Å². The van der Waals surface area contributed by atoms with Crippen LogP contribution in [0.5, 0.6) is 5.75 Å². The molecule has 23 heavy (non-hydrogen) atoms. The number of methoxy groups -OCH3 is 1. The molecular formula is C17H28N2O3S. The Morgan fingerprint density at radius 1 is 1.22 bits per heavy atom. The second-order valence-corrected chi connectivity index (χ2v) is 8.43. The summed E-state index contributed by atoms with van der Waals surface area (Å²) in [5, 5.41) is 0. The van der Waals surface area contributed by atoms with Crippen LogP contribution < -0.4 is 9.46 Å². The summed E-state index contributed by atoms with van der Waals surface area (Å²) < 4.78 is 32.4. The molecular weight excluding hydrogens is 312 g/mol. The second kappa shape index (κ2) is 8.13. The molecule has 130 valence electrons. The number of rotatable bonds is 7. The lowest BCUT2D eigenvalue weighted by Gasteiger charge is -2.32. The molecule has 1 aliphatic rings. The summed E-state index contributed by atoms with van der Waals surface area (Å²) in [6, 6.07) is 6.48. The van der Waals surface area contributed by atoms with Crippen molar-refractivity contribution >= 4 is 10.0 Å². The summed E-state index contributed by atoms with van der Waals surface area (Å²) in [7, 11) is -1.87. The van der Waals surface area contributed by atoms with Gasteiger partial charge in [0.25, 0.3) is 0 Å². The Labute approximate surface area is 140 Å². The molecule has 5 nitrogen and oxygen atoms in total. The molecule has 1 N–H and O–H groups in total. The van der Waals surface area contributed by atoms with Crippen LogP contribution in [0.1, 0.15) is 26.7 Å². The molecule has 1 fully saturated rings. The number of hydrogen-bond donors (Lipinski definition) is 1. The summed E-state index contributed by atoms with van der Waals surface area (Å²) in [6.45, 7) is 8.23. The molecule has 0 bridgehead atoms. The van der Waals surface area contributed by atoms with Crippen LogP contribution >= 0.6 is 0 Å². The molecule has 0 saturated carbocycles. The van der Waals surface area contributed by atoms with Crippen molar-refractivity contribution in [3.05, 3.63) is 24.3 Å². The van der Waals surface area contributed by atoms with Crippen LogP contribution in [0.2, 0.25) is 0 Å². The number of benzene rings is 1. The lowest BCUT2D eigenvalue weighted by Crippen LogP contribution is -2.40. The maximum absolute atomic E-state index is 12.3. The minimum absolute atomic E-state index is 0.288. The van der Waals surface area contributed by atoms with Gasteiger partial charge in [0.05, 0.1) is 12.0 Å². The zero-order valence-electron chi connectivity index (χ0n) is 14.3. The molecule has 1 aromatic carbocycles. The topological polar surface area (TPSA) is 58.6 Å². The van der Waals surface area contributed by atoms with Crippen LogP contribution in [0.4, 0.5) is 0 Å². The van der Waals surface area contributed by atoms with E-state index in [1.54, 1.807) is 31.4 Å². The minimum atomic E-state index is -3.44. The molecule has 2 rings (SSSR count). The Morgan fingerprint density at radius 2 is 1.83 bits per heavy atom. The van der Waals surface area contributed by atoms with Crippen molar-refractivity contribution in [3.8, 4) is 5.75 Å². The van der Waals surface area contributed by atoms with Crippen molar-refractivity contribution in [1.82, 2.24) is 9.62 Å². The second-order valence-electron chi connectivity index (χ2n) is 6.67. The molecule has 6 heteroatoms. The van der Waals surface area contributed by atoms with Gasteiger partial charge in [-0.3, -0.25) is 0 Å². The first-order valence-electron chi connectivity index (χ1n) is 8.27. The number of piperidine rings is 1. The highest BCUT2D eigenvalue weighted by Crippen LogP contribution is 2.19.